The molecule has 0 radical (unpaired) electrons. The molecule has 0 N–H and O–H groups in total. The van der Waals surface area contributed by atoms with Gasteiger partial charge in [0.15, 0.2) is 0 Å². The predicted molar refractivity (Wildman–Crippen MR) is 43.0 cm³/mol. The van der Waals surface area contributed by atoms with Gasteiger partial charge in [0.05, 0.1) is 0 Å². The maximum atomic E-state index is 2.60. The van der Waals surface area contributed by atoms with Crippen molar-refractivity contribution >= 4 is 0 Å². The largest absolute Gasteiger partial charge is 0.300 e. The third-order valence-electron chi connectivity index (χ3n) is 3.33. The lowest BCUT2D eigenvalue weighted by Crippen LogP contribution is -2.39. The number of hydrogen-bond acceptors (Lipinski definition) is 1. The predicted octanol–water partition coefficient (Wildman–Crippen LogP) is 1.88. The first-order valence-corrected chi connectivity index (χ1v) is 4.49. The highest BCUT2D eigenvalue weighted by Gasteiger charge is 2.36. The topological polar surface area (TPSA) is 3.24 Å². The maximum Gasteiger partial charge on any atom is 0.00982 e. The van der Waals surface area contributed by atoms with Crippen molar-refractivity contribution in [3.63, 3.8) is 0 Å². The van der Waals surface area contributed by atoms with Crippen molar-refractivity contribution in [2.75, 3.05) is 7.05 Å². The highest BCUT2D eigenvalue weighted by molar-refractivity contribution is 4.91. The van der Waals surface area contributed by atoms with Crippen LogP contribution in [0, 0.1) is 5.92 Å². The Morgan fingerprint density at radius 3 is 2.10 bits per heavy atom. The van der Waals surface area contributed by atoms with Gasteiger partial charge in [-0.3, -0.25) is 0 Å². The molecule has 10 heavy (non-hydrogen) atoms. The summed E-state index contributed by atoms with van der Waals surface area (Å²) in [5.41, 5.74) is 0. The molecule has 0 aromatic carbocycles. The molecule has 1 heteroatoms. The second-order valence-electron chi connectivity index (χ2n) is 4.13. The van der Waals surface area contributed by atoms with Crippen molar-refractivity contribution in [1.29, 1.82) is 0 Å². The Morgan fingerprint density at radius 2 is 1.60 bits per heavy atom. The van der Waals surface area contributed by atoms with Gasteiger partial charge >= 0.3 is 0 Å². The molecular formula is C9H17N. The van der Waals surface area contributed by atoms with Crippen LogP contribution in [0.5, 0.6) is 0 Å². The Bertz CT molecular complexity index is 119. The molecule has 2 bridgehead atoms. The summed E-state index contributed by atoms with van der Waals surface area (Å²) >= 11 is 0. The number of hydrogen-bond donors (Lipinski definition) is 0. The average Bonchev–Trinajstić information content (AvgIpc) is 2.20. The van der Waals surface area contributed by atoms with Crippen LogP contribution < -0.4 is 0 Å². The summed E-state index contributed by atoms with van der Waals surface area (Å²) in [6.07, 6.45) is 5.83. The van der Waals surface area contributed by atoms with E-state index >= 15 is 0 Å². The fourth-order valence-corrected chi connectivity index (χ4v) is 2.68. The molecule has 2 rings (SSSR count). The molecule has 1 nitrogen and oxygen atoms in total. The van der Waals surface area contributed by atoms with Crippen LogP contribution in [0.4, 0.5) is 0 Å². The van der Waals surface area contributed by atoms with Crippen molar-refractivity contribution < 1.29 is 0 Å². The van der Waals surface area contributed by atoms with Crippen LogP contribution >= 0.6 is 0 Å². The van der Waals surface area contributed by atoms with E-state index in [1.54, 1.807) is 0 Å². The normalized spacial score (nSPS) is 48.0. The summed E-state index contributed by atoms with van der Waals surface area (Å²) in [6.45, 7) is 2.40. The number of piperidine rings is 1. The highest BCUT2D eigenvalue weighted by Crippen LogP contribution is 2.36. The quantitative estimate of drug-likeness (QED) is 0.495. The van der Waals surface area contributed by atoms with Crippen molar-refractivity contribution in [2.24, 2.45) is 5.92 Å². The van der Waals surface area contributed by atoms with Crippen LogP contribution in [0.3, 0.4) is 0 Å². The summed E-state index contributed by atoms with van der Waals surface area (Å²) in [4.78, 5) is 2.60. The second-order valence-corrected chi connectivity index (χ2v) is 4.13. The van der Waals surface area contributed by atoms with Gasteiger partial charge in [0.2, 0.25) is 0 Å². The maximum absolute atomic E-state index is 2.60. The third kappa shape index (κ3) is 0.878. The van der Waals surface area contributed by atoms with Crippen molar-refractivity contribution in [2.45, 2.75) is 44.7 Å². The SMILES string of the molecule is CC1C[C@H]2CC[C@@H](C1)N2C. The van der Waals surface area contributed by atoms with Crippen LogP contribution in [0.15, 0.2) is 0 Å². The minimum absolute atomic E-state index is 0.939. The lowest BCUT2D eigenvalue weighted by molar-refractivity contribution is 0.142. The summed E-state index contributed by atoms with van der Waals surface area (Å²) < 4.78 is 0. The summed E-state index contributed by atoms with van der Waals surface area (Å²) in [7, 11) is 2.30. The van der Waals surface area contributed by atoms with E-state index in [4.69, 9.17) is 0 Å². The molecule has 58 valence electrons. The summed E-state index contributed by atoms with van der Waals surface area (Å²) in [5, 5.41) is 0. The fourth-order valence-electron chi connectivity index (χ4n) is 2.68. The van der Waals surface area contributed by atoms with Gasteiger partial charge in [-0.2, -0.15) is 0 Å². The van der Waals surface area contributed by atoms with Gasteiger partial charge < -0.3 is 4.90 Å². The van der Waals surface area contributed by atoms with E-state index in [0.29, 0.717) is 0 Å². The molecule has 0 spiro atoms. The Morgan fingerprint density at radius 1 is 1.10 bits per heavy atom. The van der Waals surface area contributed by atoms with Gasteiger partial charge in [-0.1, -0.05) is 6.92 Å². The molecule has 2 saturated heterocycles. The number of rotatable bonds is 0. The van der Waals surface area contributed by atoms with Crippen molar-refractivity contribution in [1.82, 2.24) is 4.90 Å². The summed E-state index contributed by atoms with van der Waals surface area (Å²) in [6, 6.07) is 1.88. The van der Waals surface area contributed by atoms with Crippen LogP contribution in [-0.4, -0.2) is 24.0 Å². The molecule has 0 saturated carbocycles. The van der Waals surface area contributed by atoms with Gasteiger partial charge in [-0.25, -0.2) is 0 Å². The molecule has 0 aromatic rings. The van der Waals surface area contributed by atoms with Crippen LogP contribution in [0.25, 0.3) is 0 Å². The zero-order valence-corrected chi connectivity index (χ0v) is 7.01. The zero-order valence-electron chi connectivity index (χ0n) is 7.01. The van der Waals surface area contributed by atoms with Gasteiger partial charge in [0.25, 0.3) is 0 Å². The van der Waals surface area contributed by atoms with E-state index in [0.717, 1.165) is 18.0 Å². The summed E-state index contributed by atoms with van der Waals surface area (Å²) in [5.74, 6) is 0.994. The molecule has 2 aliphatic rings. The van der Waals surface area contributed by atoms with Gasteiger partial charge in [0.1, 0.15) is 0 Å². The van der Waals surface area contributed by atoms with Crippen molar-refractivity contribution in [3.05, 3.63) is 0 Å². The van der Waals surface area contributed by atoms with E-state index in [1.807, 2.05) is 0 Å². The lowest BCUT2D eigenvalue weighted by Gasteiger charge is -2.34. The van der Waals surface area contributed by atoms with Crippen molar-refractivity contribution in [3.8, 4) is 0 Å². The fraction of sp³-hybridized carbons (Fsp3) is 1.00. The molecule has 2 aliphatic heterocycles. The first-order chi connectivity index (χ1) is 4.77. The third-order valence-corrected chi connectivity index (χ3v) is 3.33. The number of nitrogens with zero attached hydrogens (tertiary/aromatic N) is 1. The average molecular weight is 139 g/mol. The van der Waals surface area contributed by atoms with E-state index in [2.05, 4.69) is 18.9 Å². The second kappa shape index (κ2) is 2.23. The first kappa shape index (κ1) is 6.66. The first-order valence-electron chi connectivity index (χ1n) is 4.49. The molecule has 3 atom stereocenters. The van der Waals surface area contributed by atoms with Gasteiger partial charge in [0, 0.05) is 12.1 Å². The Hall–Kier alpha value is -0.0400. The molecule has 0 aromatic heterocycles. The van der Waals surface area contributed by atoms with E-state index < -0.39 is 0 Å². The molecule has 1 unspecified atom stereocenters. The van der Waals surface area contributed by atoms with E-state index in [9.17, 15) is 0 Å². The molecule has 0 amide bonds. The Balaban J connectivity index is 2.09. The Labute approximate surface area is 63.4 Å². The minimum Gasteiger partial charge on any atom is -0.300 e. The Kier molecular flexibility index (Phi) is 1.48. The number of fused-ring (bicyclic) bond motifs is 2. The van der Waals surface area contributed by atoms with E-state index in [-0.39, 0.29) is 0 Å². The molecule has 2 fully saturated rings. The van der Waals surface area contributed by atoms with Gasteiger partial charge in [-0.05, 0) is 38.6 Å². The van der Waals surface area contributed by atoms with Crippen LogP contribution in [0.1, 0.15) is 32.6 Å². The minimum atomic E-state index is 0.939. The van der Waals surface area contributed by atoms with Crippen LogP contribution in [0.2, 0.25) is 0 Å². The van der Waals surface area contributed by atoms with Gasteiger partial charge in [-0.15, -0.1) is 0 Å². The molecule has 0 aliphatic carbocycles. The zero-order chi connectivity index (χ0) is 7.14. The lowest BCUT2D eigenvalue weighted by atomic mass is 9.93. The smallest absolute Gasteiger partial charge is 0.00982 e. The highest BCUT2D eigenvalue weighted by atomic mass is 15.2. The molecular weight excluding hydrogens is 122 g/mol. The van der Waals surface area contributed by atoms with E-state index in [1.165, 1.54) is 25.7 Å². The molecule has 2 heterocycles. The van der Waals surface area contributed by atoms with Crippen LogP contribution in [-0.2, 0) is 0 Å². The standard InChI is InChI=1S/C9H17N/c1-7-5-8-3-4-9(6-7)10(8)2/h7-9H,3-6H2,1-2H3/t7?,8-,9+. The monoisotopic (exact) mass is 139 g/mol.